The summed E-state index contributed by atoms with van der Waals surface area (Å²) in [5, 5.41) is 0.732. The number of aromatic nitrogens is 1. The molecule has 2 N–H and O–H groups in total. The second-order valence-corrected chi connectivity index (χ2v) is 5.99. The highest BCUT2D eigenvalue weighted by molar-refractivity contribution is 14.0. The van der Waals surface area contributed by atoms with Gasteiger partial charge in [0.1, 0.15) is 5.82 Å². The molecular weight excluding hydrogens is 456 g/mol. The lowest BCUT2D eigenvalue weighted by molar-refractivity contribution is 0.380. The smallest absolute Gasteiger partial charge is 0.191 e. The number of halogens is 3. The van der Waals surface area contributed by atoms with Crippen molar-refractivity contribution in [1.29, 1.82) is 0 Å². The van der Waals surface area contributed by atoms with Gasteiger partial charge >= 0.3 is 0 Å². The van der Waals surface area contributed by atoms with Crippen LogP contribution in [-0.4, -0.2) is 42.0 Å². The molecule has 0 amide bonds. The van der Waals surface area contributed by atoms with Crippen LogP contribution < -0.4 is 10.6 Å². The largest absolute Gasteiger partial charge is 0.370 e. The van der Waals surface area contributed by atoms with Crippen molar-refractivity contribution in [2.45, 2.75) is 6.54 Å². The van der Waals surface area contributed by atoms with Crippen LogP contribution in [0.25, 0.3) is 0 Å². The third-order valence-electron chi connectivity index (χ3n) is 4.02. The Labute approximate surface area is 168 Å². The van der Waals surface area contributed by atoms with Crippen LogP contribution in [0.1, 0.15) is 5.69 Å². The quantitative estimate of drug-likeness (QED) is 0.421. The van der Waals surface area contributed by atoms with Gasteiger partial charge in [0.25, 0.3) is 0 Å². The van der Waals surface area contributed by atoms with Crippen molar-refractivity contribution in [3.63, 3.8) is 0 Å². The van der Waals surface area contributed by atoms with E-state index in [1.54, 1.807) is 12.3 Å². The predicted molar refractivity (Wildman–Crippen MR) is 110 cm³/mol. The van der Waals surface area contributed by atoms with Crippen LogP contribution in [0.15, 0.2) is 47.6 Å². The van der Waals surface area contributed by atoms with E-state index in [0.717, 1.165) is 36.9 Å². The van der Waals surface area contributed by atoms with Crippen molar-refractivity contribution in [2.75, 3.05) is 31.1 Å². The van der Waals surface area contributed by atoms with Gasteiger partial charge in [-0.15, -0.1) is 24.0 Å². The van der Waals surface area contributed by atoms with E-state index in [0.29, 0.717) is 11.7 Å². The molecule has 0 spiro atoms. The minimum atomic E-state index is -0.360. The molecule has 2 aromatic rings. The molecule has 0 atom stereocenters. The van der Waals surface area contributed by atoms with Crippen molar-refractivity contribution in [3.8, 4) is 0 Å². The Morgan fingerprint density at radius 2 is 1.84 bits per heavy atom. The van der Waals surface area contributed by atoms with Gasteiger partial charge < -0.3 is 15.5 Å². The highest BCUT2D eigenvalue weighted by Gasteiger charge is 2.18. The highest BCUT2D eigenvalue weighted by Crippen LogP contribution is 2.19. The maximum Gasteiger partial charge on any atom is 0.191 e. The zero-order valence-corrected chi connectivity index (χ0v) is 16.7. The second-order valence-electron chi connectivity index (χ2n) is 5.56. The fourth-order valence-corrected chi connectivity index (χ4v) is 2.76. The zero-order valence-electron chi connectivity index (χ0n) is 13.6. The van der Waals surface area contributed by atoms with Crippen molar-refractivity contribution in [1.82, 2.24) is 9.88 Å². The lowest BCUT2D eigenvalue weighted by atomic mass is 10.2. The predicted octanol–water partition coefficient (Wildman–Crippen LogP) is 3.13. The van der Waals surface area contributed by atoms with E-state index in [2.05, 4.69) is 14.9 Å². The van der Waals surface area contributed by atoms with Gasteiger partial charge in [-0.3, -0.25) is 4.98 Å². The first-order chi connectivity index (χ1) is 11.6. The Kier molecular flexibility index (Phi) is 7.24. The van der Waals surface area contributed by atoms with Gasteiger partial charge in [-0.05, 0) is 36.4 Å². The monoisotopic (exact) mass is 475 g/mol. The average Bonchev–Trinajstić information content (AvgIpc) is 2.62. The van der Waals surface area contributed by atoms with Crippen LogP contribution >= 0.6 is 35.6 Å². The summed E-state index contributed by atoms with van der Waals surface area (Å²) in [5.41, 5.74) is 7.49. The third kappa shape index (κ3) is 5.18. The van der Waals surface area contributed by atoms with E-state index in [9.17, 15) is 4.39 Å². The molecular formula is C17H20ClFIN5. The van der Waals surface area contributed by atoms with Gasteiger partial charge in [0.05, 0.1) is 12.2 Å². The zero-order chi connectivity index (χ0) is 16.9. The lowest BCUT2D eigenvalue weighted by Crippen LogP contribution is -2.51. The van der Waals surface area contributed by atoms with E-state index < -0.39 is 0 Å². The summed E-state index contributed by atoms with van der Waals surface area (Å²) in [5.74, 6) is 0.0671. The fraction of sp³-hybridized carbons (Fsp3) is 0.294. The number of piperazine rings is 1. The maximum atomic E-state index is 13.5. The Morgan fingerprint density at radius 3 is 2.48 bits per heavy atom. The summed E-state index contributed by atoms with van der Waals surface area (Å²) in [6.07, 6.45) is 1.55. The van der Waals surface area contributed by atoms with E-state index in [-0.39, 0.29) is 36.3 Å². The third-order valence-corrected chi connectivity index (χ3v) is 4.27. The van der Waals surface area contributed by atoms with Crippen LogP contribution in [0, 0.1) is 5.82 Å². The molecule has 0 unspecified atom stereocenters. The Morgan fingerprint density at radius 1 is 1.16 bits per heavy atom. The van der Waals surface area contributed by atoms with Gasteiger partial charge in [0, 0.05) is 43.1 Å². The van der Waals surface area contributed by atoms with Crippen molar-refractivity contribution >= 4 is 47.2 Å². The van der Waals surface area contributed by atoms with Crippen LogP contribution in [0.4, 0.5) is 10.1 Å². The van der Waals surface area contributed by atoms with Gasteiger partial charge in [-0.25, -0.2) is 9.38 Å². The number of rotatable bonds is 3. The van der Waals surface area contributed by atoms with Gasteiger partial charge in [0.15, 0.2) is 5.96 Å². The summed E-state index contributed by atoms with van der Waals surface area (Å²) >= 11 is 5.92. The van der Waals surface area contributed by atoms with Gasteiger partial charge in [-0.1, -0.05) is 11.6 Å². The van der Waals surface area contributed by atoms with E-state index in [1.807, 2.05) is 29.2 Å². The summed E-state index contributed by atoms with van der Waals surface area (Å²) < 4.78 is 13.5. The fourth-order valence-electron chi connectivity index (χ4n) is 2.64. The number of benzene rings is 1. The number of hydrogen-bond donors (Lipinski definition) is 1. The average molecular weight is 476 g/mol. The molecule has 25 heavy (non-hydrogen) atoms. The molecule has 8 heteroatoms. The van der Waals surface area contributed by atoms with Crippen molar-refractivity contribution < 1.29 is 4.39 Å². The molecule has 1 fully saturated rings. The molecule has 0 radical (unpaired) electrons. The summed E-state index contributed by atoms with van der Waals surface area (Å²) in [4.78, 5) is 12.5. The van der Waals surface area contributed by atoms with E-state index >= 15 is 0 Å². The maximum absolute atomic E-state index is 13.5. The standard InChI is InChI=1S/C17H19ClFN5.HI/c18-13-3-5-14(6-4-13)23-8-10-24(11-9-23)17(20)22-12-16-15(19)2-1-7-21-16;/h1-7H,8-12H2,(H2,20,22);1H. The van der Waals surface area contributed by atoms with Crippen LogP contribution in [0.5, 0.6) is 0 Å². The lowest BCUT2D eigenvalue weighted by Gasteiger charge is -2.36. The Hall–Kier alpha value is -1.61. The molecule has 0 saturated carbocycles. The number of hydrogen-bond acceptors (Lipinski definition) is 3. The van der Waals surface area contributed by atoms with Gasteiger partial charge in [0.2, 0.25) is 0 Å². The van der Waals surface area contributed by atoms with Crippen LogP contribution in [-0.2, 0) is 6.54 Å². The van der Waals surface area contributed by atoms with Crippen LogP contribution in [0.2, 0.25) is 5.02 Å². The first kappa shape index (κ1) is 19.7. The number of guanidine groups is 1. The normalized spacial score (nSPS) is 15.0. The minimum absolute atomic E-state index is 0. The summed E-state index contributed by atoms with van der Waals surface area (Å²) in [7, 11) is 0. The van der Waals surface area contributed by atoms with E-state index in [4.69, 9.17) is 17.3 Å². The highest BCUT2D eigenvalue weighted by atomic mass is 127. The molecule has 0 bridgehead atoms. The Balaban J connectivity index is 0.00000225. The number of nitrogens with two attached hydrogens (primary N) is 1. The molecule has 2 heterocycles. The molecule has 5 nitrogen and oxygen atoms in total. The molecule has 1 saturated heterocycles. The Bertz CT molecular complexity index is 717. The first-order valence-corrected chi connectivity index (χ1v) is 8.16. The molecule has 1 aromatic carbocycles. The number of pyridine rings is 1. The molecule has 3 rings (SSSR count). The molecule has 0 aliphatic carbocycles. The number of nitrogens with zero attached hydrogens (tertiary/aromatic N) is 4. The van der Waals surface area contributed by atoms with E-state index in [1.165, 1.54) is 6.07 Å². The molecule has 1 aliphatic rings. The molecule has 134 valence electrons. The number of anilines is 1. The van der Waals surface area contributed by atoms with Crippen molar-refractivity contribution in [2.24, 2.45) is 10.7 Å². The number of aliphatic imine (C=N–C) groups is 1. The van der Waals surface area contributed by atoms with Crippen LogP contribution in [0.3, 0.4) is 0 Å². The SMILES string of the molecule is I.NC(=NCc1ncccc1F)N1CCN(c2ccc(Cl)cc2)CC1. The summed E-state index contributed by atoms with van der Waals surface area (Å²) in [6, 6.07) is 10.7. The topological polar surface area (TPSA) is 57.8 Å². The molecule has 1 aliphatic heterocycles. The van der Waals surface area contributed by atoms with Crippen molar-refractivity contribution in [3.05, 3.63) is 59.1 Å². The minimum Gasteiger partial charge on any atom is -0.370 e. The summed E-state index contributed by atoms with van der Waals surface area (Å²) in [6.45, 7) is 3.37. The van der Waals surface area contributed by atoms with Gasteiger partial charge in [-0.2, -0.15) is 0 Å². The first-order valence-electron chi connectivity index (χ1n) is 7.78. The molecule has 1 aromatic heterocycles. The second kappa shape index (κ2) is 9.19.